The van der Waals surface area contributed by atoms with Gasteiger partial charge in [-0.25, -0.2) is 9.37 Å². The lowest BCUT2D eigenvalue weighted by Gasteiger charge is -2.35. The number of hydrogen-bond donors (Lipinski definition) is 1. The number of amides is 2. The minimum Gasteiger partial charge on any atom is -0.379 e. The summed E-state index contributed by atoms with van der Waals surface area (Å²) in [6, 6.07) is 7.98. The Morgan fingerprint density at radius 1 is 1.18 bits per heavy atom. The van der Waals surface area contributed by atoms with Gasteiger partial charge in [0, 0.05) is 56.1 Å². The molecule has 0 saturated carbocycles. The summed E-state index contributed by atoms with van der Waals surface area (Å²) in [5.41, 5.74) is 0.730. The fourth-order valence-corrected chi connectivity index (χ4v) is 3.78. The maximum atomic E-state index is 14.0. The second kappa shape index (κ2) is 12.0. The maximum Gasteiger partial charge on any atom is 0.252 e. The minimum atomic E-state index is -0.466. The topological polar surface area (TPSA) is 74.8 Å². The van der Waals surface area contributed by atoms with Gasteiger partial charge in [0.25, 0.3) is 5.91 Å². The van der Waals surface area contributed by atoms with Crippen LogP contribution in [0.4, 0.5) is 10.2 Å². The number of hydrogen-bond acceptors (Lipinski definition) is 5. The zero-order chi connectivity index (χ0) is 23.8. The average molecular weight is 477 g/mol. The Kier molecular flexibility index (Phi) is 9.03. The van der Waals surface area contributed by atoms with Crippen LogP contribution in [0.3, 0.4) is 0 Å². The van der Waals surface area contributed by atoms with Crippen molar-refractivity contribution in [1.82, 2.24) is 15.2 Å². The standard InChI is InChI=1S/C24H30ClFN4O3/c1-17(2)33-14-4-9-27-24(32)18-7-8-22(28-16-18)29-10-12-30(13-11-29)23(31)15-19-20(25)5-3-6-21(19)26/h3,5-8,16-17H,4,9-15H2,1-2H3,(H,27,32). The number of nitrogens with one attached hydrogen (secondary N) is 1. The number of aromatic nitrogens is 1. The van der Waals surface area contributed by atoms with Crippen molar-refractivity contribution in [2.45, 2.75) is 32.8 Å². The van der Waals surface area contributed by atoms with E-state index in [0.29, 0.717) is 44.9 Å². The molecular weight excluding hydrogens is 447 g/mol. The molecule has 1 aromatic carbocycles. The highest BCUT2D eigenvalue weighted by atomic mass is 35.5. The quantitative estimate of drug-likeness (QED) is 0.562. The first-order chi connectivity index (χ1) is 15.8. The average Bonchev–Trinajstić information content (AvgIpc) is 2.81. The van der Waals surface area contributed by atoms with E-state index in [1.807, 2.05) is 19.9 Å². The lowest BCUT2D eigenvalue weighted by Crippen LogP contribution is -2.49. The van der Waals surface area contributed by atoms with Crippen molar-refractivity contribution in [1.29, 1.82) is 0 Å². The van der Waals surface area contributed by atoms with Gasteiger partial charge in [0.1, 0.15) is 11.6 Å². The molecule has 7 nitrogen and oxygen atoms in total. The van der Waals surface area contributed by atoms with Gasteiger partial charge >= 0.3 is 0 Å². The van der Waals surface area contributed by atoms with Crippen LogP contribution in [-0.2, 0) is 16.0 Å². The summed E-state index contributed by atoms with van der Waals surface area (Å²) in [4.78, 5) is 33.1. The highest BCUT2D eigenvalue weighted by Crippen LogP contribution is 2.21. The highest BCUT2D eigenvalue weighted by molar-refractivity contribution is 6.31. The van der Waals surface area contributed by atoms with Crippen LogP contribution in [0.5, 0.6) is 0 Å². The van der Waals surface area contributed by atoms with Crippen LogP contribution in [0.1, 0.15) is 36.2 Å². The maximum absolute atomic E-state index is 14.0. The zero-order valence-electron chi connectivity index (χ0n) is 19.0. The van der Waals surface area contributed by atoms with E-state index in [9.17, 15) is 14.0 Å². The van der Waals surface area contributed by atoms with E-state index >= 15 is 0 Å². The van der Waals surface area contributed by atoms with Crippen molar-refractivity contribution < 1.29 is 18.7 Å². The Morgan fingerprint density at radius 2 is 1.94 bits per heavy atom. The van der Waals surface area contributed by atoms with Gasteiger partial charge in [0.2, 0.25) is 5.91 Å². The molecule has 0 spiro atoms. The van der Waals surface area contributed by atoms with Gasteiger partial charge in [-0.3, -0.25) is 9.59 Å². The Balaban J connectivity index is 1.46. The molecule has 1 fully saturated rings. The number of carbonyl (C=O) groups is 2. The first-order valence-corrected chi connectivity index (χ1v) is 11.5. The zero-order valence-corrected chi connectivity index (χ0v) is 19.8. The van der Waals surface area contributed by atoms with Crippen LogP contribution in [0, 0.1) is 5.82 Å². The Hall–Kier alpha value is -2.71. The second-order valence-corrected chi connectivity index (χ2v) is 8.59. The van der Waals surface area contributed by atoms with E-state index in [4.69, 9.17) is 16.3 Å². The van der Waals surface area contributed by atoms with E-state index in [0.717, 1.165) is 12.2 Å². The van der Waals surface area contributed by atoms with E-state index in [2.05, 4.69) is 15.2 Å². The van der Waals surface area contributed by atoms with Gasteiger partial charge in [-0.15, -0.1) is 0 Å². The van der Waals surface area contributed by atoms with Gasteiger partial charge in [-0.05, 0) is 44.5 Å². The van der Waals surface area contributed by atoms with E-state index in [1.165, 1.54) is 12.1 Å². The first kappa shape index (κ1) is 24.9. The molecular formula is C24H30ClFN4O3. The monoisotopic (exact) mass is 476 g/mol. The van der Waals surface area contributed by atoms with Crippen molar-refractivity contribution in [3.8, 4) is 0 Å². The molecule has 2 amide bonds. The van der Waals surface area contributed by atoms with Gasteiger partial charge < -0.3 is 19.9 Å². The number of benzene rings is 1. The van der Waals surface area contributed by atoms with Crippen molar-refractivity contribution in [2.24, 2.45) is 0 Å². The highest BCUT2D eigenvalue weighted by Gasteiger charge is 2.23. The van der Waals surface area contributed by atoms with Crippen LogP contribution in [0.15, 0.2) is 36.5 Å². The number of nitrogens with zero attached hydrogens (tertiary/aromatic N) is 3. The number of piperazine rings is 1. The minimum absolute atomic E-state index is 0.0584. The van der Waals surface area contributed by atoms with Crippen LogP contribution in [-0.4, -0.2) is 67.1 Å². The van der Waals surface area contributed by atoms with E-state index in [-0.39, 0.29) is 34.9 Å². The van der Waals surface area contributed by atoms with Crippen molar-refractivity contribution in [3.63, 3.8) is 0 Å². The first-order valence-electron chi connectivity index (χ1n) is 11.2. The van der Waals surface area contributed by atoms with Crippen LogP contribution in [0.2, 0.25) is 5.02 Å². The molecule has 3 rings (SSSR count). The molecule has 2 aromatic rings. The smallest absolute Gasteiger partial charge is 0.252 e. The molecule has 0 bridgehead atoms. The molecule has 178 valence electrons. The molecule has 9 heteroatoms. The number of rotatable bonds is 9. The van der Waals surface area contributed by atoms with Crippen LogP contribution < -0.4 is 10.2 Å². The molecule has 0 unspecified atom stereocenters. The van der Waals surface area contributed by atoms with E-state index < -0.39 is 5.82 Å². The third-order valence-electron chi connectivity index (χ3n) is 5.41. The van der Waals surface area contributed by atoms with Gasteiger partial charge in [0.05, 0.1) is 18.1 Å². The van der Waals surface area contributed by atoms with Crippen molar-refractivity contribution in [3.05, 3.63) is 58.5 Å². The van der Waals surface area contributed by atoms with Crippen LogP contribution in [0.25, 0.3) is 0 Å². The van der Waals surface area contributed by atoms with Crippen molar-refractivity contribution >= 4 is 29.2 Å². The largest absolute Gasteiger partial charge is 0.379 e. The number of halogens is 2. The number of pyridine rings is 1. The summed E-state index contributed by atoms with van der Waals surface area (Å²) in [6.45, 7) is 7.33. The van der Waals surface area contributed by atoms with Gasteiger partial charge in [0.15, 0.2) is 0 Å². The van der Waals surface area contributed by atoms with E-state index in [1.54, 1.807) is 23.2 Å². The molecule has 1 aliphatic rings. The summed E-state index contributed by atoms with van der Waals surface area (Å²) in [6.07, 6.45) is 2.44. The molecule has 1 aliphatic heterocycles. The summed E-state index contributed by atoms with van der Waals surface area (Å²) in [5, 5.41) is 3.13. The van der Waals surface area contributed by atoms with Crippen LogP contribution >= 0.6 is 11.6 Å². The molecule has 0 aliphatic carbocycles. The molecule has 1 N–H and O–H groups in total. The normalized spacial score (nSPS) is 14.0. The SMILES string of the molecule is CC(C)OCCCNC(=O)c1ccc(N2CCN(C(=O)Cc3c(F)cccc3Cl)CC2)nc1. The van der Waals surface area contributed by atoms with Gasteiger partial charge in [-0.1, -0.05) is 17.7 Å². The fourth-order valence-electron chi connectivity index (χ4n) is 3.55. The fraction of sp³-hybridized carbons (Fsp3) is 0.458. The predicted molar refractivity (Wildman–Crippen MR) is 126 cm³/mol. The van der Waals surface area contributed by atoms with Gasteiger partial charge in [-0.2, -0.15) is 0 Å². The number of ether oxygens (including phenoxy) is 1. The molecule has 33 heavy (non-hydrogen) atoms. The third kappa shape index (κ3) is 7.14. The lowest BCUT2D eigenvalue weighted by atomic mass is 10.1. The molecule has 1 saturated heterocycles. The number of anilines is 1. The number of carbonyl (C=O) groups excluding carboxylic acids is 2. The Morgan fingerprint density at radius 3 is 2.58 bits per heavy atom. The Labute approximate surface area is 198 Å². The molecule has 1 aromatic heterocycles. The summed E-state index contributed by atoms with van der Waals surface area (Å²) < 4.78 is 19.4. The predicted octanol–water partition coefficient (Wildman–Crippen LogP) is 3.31. The summed E-state index contributed by atoms with van der Waals surface area (Å²) in [5.74, 6) is -0.0333. The molecule has 0 atom stereocenters. The molecule has 0 radical (unpaired) electrons. The summed E-state index contributed by atoms with van der Waals surface area (Å²) >= 11 is 6.04. The lowest BCUT2D eigenvalue weighted by molar-refractivity contribution is -0.130. The third-order valence-corrected chi connectivity index (χ3v) is 5.77. The second-order valence-electron chi connectivity index (χ2n) is 8.18. The summed E-state index contributed by atoms with van der Waals surface area (Å²) in [7, 11) is 0. The van der Waals surface area contributed by atoms with Crippen molar-refractivity contribution in [2.75, 3.05) is 44.2 Å². The molecule has 2 heterocycles. The Bertz CT molecular complexity index is 927.